The third-order valence-electron chi connectivity index (χ3n) is 5.26. The van der Waals surface area contributed by atoms with Crippen molar-refractivity contribution in [3.8, 4) is 5.75 Å². The molecule has 0 spiro atoms. The van der Waals surface area contributed by atoms with Crippen molar-refractivity contribution < 1.29 is 14.3 Å². The molecule has 3 rings (SSSR count). The number of ether oxygens (including phenoxy) is 2. The van der Waals surface area contributed by atoms with E-state index in [2.05, 4.69) is 21.9 Å². The van der Waals surface area contributed by atoms with E-state index in [4.69, 9.17) is 9.47 Å². The largest absolute Gasteiger partial charge is 0.497 e. The van der Waals surface area contributed by atoms with Crippen molar-refractivity contribution in [1.82, 2.24) is 9.80 Å². The van der Waals surface area contributed by atoms with Gasteiger partial charge in [-0.1, -0.05) is 0 Å². The first kappa shape index (κ1) is 17.9. The van der Waals surface area contributed by atoms with Gasteiger partial charge in [0.05, 0.1) is 13.7 Å². The van der Waals surface area contributed by atoms with Crippen LogP contribution in [0, 0.1) is 0 Å². The number of likely N-dealkylation sites (tertiary alicyclic amines) is 1. The van der Waals surface area contributed by atoms with Gasteiger partial charge < -0.3 is 19.3 Å². The zero-order chi connectivity index (χ0) is 17.6. The molecule has 0 aliphatic carbocycles. The molecule has 25 heavy (non-hydrogen) atoms. The number of piperazine rings is 1. The average Bonchev–Trinajstić information content (AvgIpc) is 2.68. The van der Waals surface area contributed by atoms with Crippen LogP contribution in [-0.2, 0) is 4.74 Å². The minimum atomic E-state index is -0.162. The van der Waals surface area contributed by atoms with Crippen molar-refractivity contribution in [1.29, 1.82) is 0 Å². The van der Waals surface area contributed by atoms with Gasteiger partial charge in [0.2, 0.25) is 0 Å². The van der Waals surface area contributed by atoms with Crippen LogP contribution in [0.4, 0.5) is 10.5 Å². The highest BCUT2D eigenvalue weighted by Crippen LogP contribution is 2.23. The fraction of sp³-hybridized carbons (Fsp3) is 0.632. The normalized spacial score (nSPS) is 19.8. The number of piperidine rings is 1. The van der Waals surface area contributed by atoms with Gasteiger partial charge in [0.1, 0.15) is 5.75 Å². The van der Waals surface area contributed by atoms with E-state index < -0.39 is 0 Å². The van der Waals surface area contributed by atoms with Crippen molar-refractivity contribution in [3.63, 3.8) is 0 Å². The number of benzene rings is 1. The summed E-state index contributed by atoms with van der Waals surface area (Å²) in [7, 11) is 1.70. The number of hydrogen-bond donors (Lipinski definition) is 0. The number of methoxy groups -OCH3 is 1. The molecule has 6 heteroatoms. The molecular formula is C19H29N3O3. The summed E-state index contributed by atoms with van der Waals surface area (Å²) < 4.78 is 10.3. The molecule has 1 aromatic rings. The summed E-state index contributed by atoms with van der Waals surface area (Å²) in [6.45, 7) is 8.17. The molecule has 138 valence electrons. The first-order chi connectivity index (χ1) is 12.2. The lowest BCUT2D eigenvalue weighted by Crippen LogP contribution is -2.53. The van der Waals surface area contributed by atoms with Crippen molar-refractivity contribution in [2.45, 2.75) is 25.8 Å². The Morgan fingerprint density at radius 3 is 2.24 bits per heavy atom. The standard InChI is InChI=1S/C19H29N3O3/c1-3-25-19(23)22-10-8-17(9-11-22)21-14-12-20(13-15-21)16-4-6-18(24-2)7-5-16/h4-7,17H,3,8-15H2,1-2H3. The molecule has 0 aromatic heterocycles. The minimum absolute atomic E-state index is 0.162. The van der Waals surface area contributed by atoms with Crippen LogP contribution in [0.3, 0.4) is 0 Å². The Hall–Kier alpha value is -1.95. The number of rotatable bonds is 4. The first-order valence-electron chi connectivity index (χ1n) is 9.26. The Kier molecular flexibility index (Phi) is 6.02. The monoisotopic (exact) mass is 347 g/mol. The zero-order valence-electron chi connectivity index (χ0n) is 15.3. The fourth-order valence-electron chi connectivity index (χ4n) is 3.77. The van der Waals surface area contributed by atoms with Gasteiger partial charge in [-0.2, -0.15) is 0 Å². The highest BCUT2D eigenvalue weighted by atomic mass is 16.6. The zero-order valence-corrected chi connectivity index (χ0v) is 15.3. The summed E-state index contributed by atoms with van der Waals surface area (Å²) in [5.74, 6) is 0.899. The molecule has 0 unspecified atom stereocenters. The summed E-state index contributed by atoms with van der Waals surface area (Å²) in [5, 5.41) is 0. The minimum Gasteiger partial charge on any atom is -0.497 e. The van der Waals surface area contributed by atoms with Crippen molar-refractivity contribution >= 4 is 11.8 Å². The summed E-state index contributed by atoms with van der Waals surface area (Å²) in [4.78, 5) is 18.7. The summed E-state index contributed by atoms with van der Waals surface area (Å²) in [6, 6.07) is 8.89. The second kappa shape index (κ2) is 8.43. The molecule has 0 radical (unpaired) electrons. The van der Waals surface area contributed by atoms with Gasteiger partial charge in [0.25, 0.3) is 0 Å². The Labute approximate surface area is 150 Å². The van der Waals surface area contributed by atoms with Crippen LogP contribution in [0.1, 0.15) is 19.8 Å². The van der Waals surface area contributed by atoms with Gasteiger partial charge in [-0.15, -0.1) is 0 Å². The maximum atomic E-state index is 11.8. The van der Waals surface area contributed by atoms with Crippen LogP contribution < -0.4 is 9.64 Å². The van der Waals surface area contributed by atoms with E-state index in [9.17, 15) is 4.79 Å². The Morgan fingerprint density at radius 2 is 1.68 bits per heavy atom. The van der Waals surface area contributed by atoms with Gasteiger partial charge in [-0.05, 0) is 44.0 Å². The predicted molar refractivity (Wildman–Crippen MR) is 98.4 cm³/mol. The smallest absolute Gasteiger partial charge is 0.409 e. The second-order valence-electron chi connectivity index (χ2n) is 6.64. The highest BCUT2D eigenvalue weighted by Gasteiger charge is 2.29. The van der Waals surface area contributed by atoms with Crippen LogP contribution in [0.2, 0.25) is 0 Å². The molecule has 6 nitrogen and oxygen atoms in total. The maximum Gasteiger partial charge on any atom is 0.409 e. The lowest BCUT2D eigenvalue weighted by Gasteiger charge is -2.43. The topological polar surface area (TPSA) is 45.2 Å². The van der Waals surface area contributed by atoms with Gasteiger partial charge in [-0.25, -0.2) is 4.79 Å². The second-order valence-corrected chi connectivity index (χ2v) is 6.64. The van der Waals surface area contributed by atoms with E-state index in [0.29, 0.717) is 12.6 Å². The number of hydrogen-bond acceptors (Lipinski definition) is 5. The first-order valence-corrected chi connectivity index (χ1v) is 9.26. The predicted octanol–water partition coefficient (Wildman–Crippen LogP) is 2.44. The fourth-order valence-corrected chi connectivity index (χ4v) is 3.77. The lowest BCUT2D eigenvalue weighted by atomic mass is 10.0. The molecule has 0 bridgehead atoms. The lowest BCUT2D eigenvalue weighted by molar-refractivity contribution is 0.0729. The third-order valence-corrected chi connectivity index (χ3v) is 5.26. The molecule has 2 fully saturated rings. The van der Waals surface area contributed by atoms with Crippen LogP contribution >= 0.6 is 0 Å². The highest BCUT2D eigenvalue weighted by molar-refractivity contribution is 5.67. The SMILES string of the molecule is CCOC(=O)N1CCC(N2CCN(c3ccc(OC)cc3)CC2)CC1. The van der Waals surface area contributed by atoms with E-state index >= 15 is 0 Å². The van der Waals surface area contributed by atoms with E-state index in [0.717, 1.165) is 57.9 Å². The Balaban J connectivity index is 1.45. The van der Waals surface area contributed by atoms with Gasteiger partial charge in [-0.3, -0.25) is 4.90 Å². The Bertz CT molecular complexity index is 548. The summed E-state index contributed by atoms with van der Waals surface area (Å²) in [5.41, 5.74) is 1.26. The van der Waals surface area contributed by atoms with Gasteiger partial charge in [0, 0.05) is 51.0 Å². The summed E-state index contributed by atoms with van der Waals surface area (Å²) in [6.07, 6.45) is 1.92. The van der Waals surface area contributed by atoms with Gasteiger partial charge >= 0.3 is 6.09 Å². The van der Waals surface area contributed by atoms with Crippen molar-refractivity contribution in [2.75, 3.05) is 57.9 Å². The van der Waals surface area contributed by atoms with Crippen LogP contribution in [0.25, 0.3) is 0 Å². The van der Waals surface area contributed by atoms with Crippen molar-refractivity contribution in [2.24, 2.45) is 0 Å². The maximum absolute atomic E-state index is 11.8. The van der Waals surface area contributed by atoms with E-state index in [1.54, 1.807) is 7.11 Å². The number of carbonyl (C=O) groups excluding carboxylic acids is 1. The van der Waals surface area contributed by atoms with Crippen LogP contribution in [-0.4, -0.2) is 74.9 Å². The molecule has 2 saturated heterocycles. The number of amides is 1. The number of carbonyl (C=O) groups is 1. The molecule has 1 aromatic carbocycles. The molecule has 2 aliphatic rings. The molecule has 0 saturated carbocycles. The molecule has 0 atom stereocenters. The average molecular weight is 347 g/mol. The molecule has 0 N–H and O–H groups in total. The van der Waals surface area contributed by atoms with Crippen molar-refractivity contribution in [3.05, 3.63) is 24.3 Å². The molecule has 2 aliphatic heterocycles. The molecular weight excluding hydrogens is 318 g/mol. The van der Waals surface area contributed by atoms with Gasteiger partial charge in [0.15, 0.2) is 0 Å². The summed E-state index contributed by atoms with van der Waals surface area (Å²) >= 11 is 0. The number of nitrogens with zero attached hydrogens (tertiary/aromatic N) is 3. The van der Waals surface area contributed by atoms with Crippen LogP contribution in [0.15, 0.2) is 24.3 Å². The van der Waals surface area contributed by atoms with E-state index in [1.165, 1.54) is 5.69 Å². The van der Waals surface area contributed by atoms with Crippen LogP contribution in [0.5, 0.6) is 5.75 Å². The van der Waals surface area contributed by atoms with E-state index in [1.807, 2.05) is 24.0 Å². The quantitative estimate of drug-likeness (QED) is 0.837. The number of anilines is 1. The molecule has 2 heterocycles. The third kappa shape index (κ3) is 4.37. The molecule has 1 amide bonds. The Morgan fingerprint density at radius 1 is 1.04 bits per heavy atom. The van der Waals surface area contributed by atoms with E-state index in [-0.39, 0.29) is 6.09 Å².